The predicted octanol–water partition coefficient (Wildman–Crippen LogP) is 0.536. The predicted molar refractivity (Wildman–Crippen MR) is 100 cm³/mol. The van der Waals surface area contributed by atoms with Gasteiger partial charge in [-0.25, -0.2) is 8.42 Å². The maximum atomic E-state index is 13.0. The van der Waals surface area contributed by atoms with Crippen LogP contribution in [0, 0.1) is 5.92 Å². The molecule has 2 aliphatic rings. The summed E-state index contributed by atoms with van der Waals surface area (Å²) in [6.45, 7) is 7.45. The molecule has 0 aromatic heterocycles. The number of benzene rings is 1. The van der Waals surface area contributed by atoms with Crippen molar-refractivity contribution in [3.8, 4) is 11.5 Å². The van der Waals surface area contributed by atoms with E-state index >= 15 is 0 Å². The van der Waals surface area contributed by atoms with E-state index in [1.807, 2.05) is 13.8 Å². The van der Waals surface area contributed by atoms with Gasteiger partial charge in [-0.2, -0.15) is 4.31 Å². The molecule has 0 spiro atoms. The smallest absolute Gasteiger partial charge is 0.243 e. The summed E-state index contributed by atoms with van der Waals surface area (Å²) in [6.07, 6.45) is 0. The second kappa shape index (κ2) is 8.45. The molecule has 1 N–H and O–H groups in total. The third-order valence-electron chi connectivity index (χ3n) is 4.83. The topological polar surface area (TPSA) is 88.2 Å². The van der Waals surface area contributed by atoms with E-state index in [0.717, 1.165) is 0 Å². The van der Waals surface area contributed by atoms with Crippen LogP contribution in [0.15, 0.2) is 23.1 Å². The average molecular weight is 397 g/mol. The van der Waals surface area contributed by atoms with Crippen molar-refractivity contribution in [3.63, 3.8) is 0 Å². The number of nitrogens with zero attached hydrogens (tertiary/aromatic N) is 2. The Bertz CT molecular complexity index is 771. The van der Waals surface area contributed by atoms with Gasteiger partial charge in [-0.3, -0.25) is 4.79 Å². The Kier molecular flexibility index (Phi) is 6.23. The van der Waals surface area contributed by atoms with Crippen LogP contribution in [0.3, 0.4) is 0 Å². The lowest BCUT2D eigenvalue weighted by Crippen LogP contribution is -2.57. The minimum absolute atomic E-state index is 0.0352. The molecule has 0 bridgehead atoms. The Morgan fingerprint density at radius 1 is 1.07 bits per heavy atom. The first-order valence-electron chi connectivity index (χ1n) is 9.36. The summed E-state index contributed by atoms with van der Waals surface area (Å²) in [5.41, 5.74) is 0. The van der Waals surface area contributed by atoms with Crippen molar-refractivity contribution in [1.29, 1.82) is 0 Å². The van der Waals surface area contributed by atoms with E-state index in [1.54, 1.807) is 17.0 Å². The van der Waals surface area contributed by atoms with Crippen molar-refractivity contribution in [1.82, 2.24) is 14.5 Å². The molecule has 8 nitrogen and oxygen atoms in total. The summed E-state index contributed by atoms with van der Waals surface area (Å²) in [5, 5.41) is 3.09. The fourth-order valence-electron chi connectivity index (χ4n) is 3.21. The van der Waals surface area contributed by atoms with Gasteiger partial charge in [0.1, 0.15) is 0 Å². The molecule has 3 rings (SSSR count). The summed E-state index contributed by atoms with van der Waals surface area (Å²) in [4.78, 5) is 14.3. The Morgan fingerprint density at radius 2 is 1.70 bits per heavy atom. The normalized spacial score (nSPS) is 18.8. The van der Waals surface area contributed by atoms with Crippen LogP contribution < -0.4 is 14.8 Å². The molecule has 1 aromatic rings. The Labute approximate surface area is 160 Å². The van der Waals surface area contributed by atoms with E-state index in [4.69, 9.17) is 9.47 Å². The lowest BCUT2D eigenvalue weighted by atomic mass is 10.0. The highest BCUT2D eigenvalue weighted by atomic mass is 32.2. The van der Waals surface area contributed by atoms with E-state index in [0.29, 0.717) is 64.0 Å². The molecule has 2 heterocycles. The monoisotopic (exact) mass is 397 g/mol. The van der Waals surface area contributed by atoms with Gasteiger partial charge in [0, 0.05) is 45.3 Å². The number of hydrogen-bond acceptors (Lipinski definition) is 6. The van der Waals surface area contributed by atoms with Gasteiger partial charge in [-0.15, -0.1) is 0 Å². The van der Waals surface area contributed by atoms with Gasteiger partial charge in [0.25, 0.3) is 0 Å². The molecule has 2 saturated heterocycles. The lowest BCUT2D eigenvalue weighted by molar-refractivity contribution is -0.138. The van der Waals surface area contributed by atoms with Gasteiger partial charge < -0.3 is 19.7 Å². The fraction of sp³-hybridized carbons (Fsp3) is 0.611. The molecule has 0 saturated carbocycles. The maximum Gasteiger partial charge on any atom is 0.243 e. The largest absolute Gasteiger partial charge is 0.490 e. The number of hydrogen-bond donors (Lipinski definition) is 1. The first kappa shape index (κ1) is 19.9. The number of rotatable bonds is 7. The zero-order valence-corrected chi connectivity index (χ0v) is 16.6. The summed E-state index contributed by atoms with van der Waals surface area (Å²) in [5.74, 6) is 1.10. The average Bonchev–Trinajstić information content (AvgIpc) is 2.62. The van der Waals surface area contributed by atoms with Crippen molar-refractivity contribution in [2.75, 3.05) is 52.5 Å². The van der Waals surface area contributed by atoms with Crippen LogP contribution in [0.5, 0.6) is 11.5 Å². The molecular formula is C18H27N3O5S. The van der Waals surface area contributed by atoms with E-state index in [1.165, 1.54) is 10.4 Å². The van der Waals surface area contributed by atoms with Gasteiger partial charge in [0.05, 0.1) is 24.0 Å². The third kappa shape index (κ3) is 4.20. The van der Waals surface area contributed by atoms with Gasteiger partial charge in [0.15, 0.2) is 11.5 Å². The van der Waals surface area contributed by atoms with Gasteiger partial charge >= 0.3 is 0 Å². The molecule has 0 atom stereocenters. The van der Waals surface area contributed by atoms with Crippen LogP contribution in [0.4, 0.5) is 0 Å². The molecule has 0 unspecified atom stereocenters. The number of amides is 1. The molecule has 2 fully saturated rings. The molecule has 0 radical (unpaired) electrons. The summed E-state index contributed by atoms with van der Waals surface area (Å²) >= 11 is 0. The van der Waals surface area contributed by atoms with Crippen LogP contribution >= 0.6 is 0 Å². The zero-order valence-electron chi connectivity index (χ0n) is 15.8. The standard InChI is InChI=1S/C18H27N3O5S/c1-3-25-16-6-5-15(11-17(16)26-4-2)27(23,24)21-9-7-20(8-10-21)18(22)14-12-19-13-14/h5-6,11,14,19H,3-4,7-10,12-13H2,1-2H3. The fourth-order valence-corrected chi connectivity index (χ4v) is 4.65. The molecule has 1 aromatic carbocycles. The van der Waals surface area contributed by atoms with Crippen LogP contribution in [-0.4, -0.2) is 76.0 Å². The third-order valence-corrected chi connectivity index (χ3v) is 6.73. The van der Waals surface area contributed by atoms with E-state index in [2.05, 4.69) is 5.32 Å². The quantitative estimate of drug-likeness (QED) is 0.722. The zero-order chi connectivity index (χ0) is 19.4. The van der Waals surface area contributed by atoms with Gasteiger partial charge in [-0.05, 0) is 26.0 Å². The summed E-state index contributed by atoms with van der Waals surface area (Å²) in [7, 11) is -3.65. The first-order valence-corrected chi connectivity index (χ1v) is 10.8. The number of nitrogens with one attached hydrogen (secondary N) is 1. The van der Waals surface area contributed by atoms with Gasteiger partial charge in [0.2, 0.25) is 15.9 Å². The summed E-state index contributed by atoms with van der Waals surface area (Å²) in [6, 6.07) is 4.69. The minimum atomic E-state index is -3.65. The van der Waals surface area contributed by atoms with E-state index < -0.39 is 10.0 Å². The highest BCUT2D eigenvalue weighted by Gasteiger charge is 2.34. The minimum Gasteiger partial charge on any atom is -0.490 e. The van der Waals surface area contributed by atoms with Crippen molar-refractivity contribution in [2.45, 2.75) is 18.7 Å². The number of carbonyl (C=O) groups is 1. The van der Waals surface area contributed by atoms with E-state index in [-0.39, 0.29) is 16.7 Å². The van der Waals surface area contributed by atoms with Crippen molar-refractivity contribution in [2.24, 2.45) is 5.92 Å². The molecule has 2 aliphatic heterocycles. The van der Waals surface area contributed by atoms with E-state index in [9.17, 15) is 13.2 Å². The van der Waals surface area contributed by atoms with Crippen LogP contribution in [0.2, 0.25) is 0 Å². The highest BCUT2D eigenvalue weighted by Crippen LogP contribution is 2.31. The van der Waals surface area contributed by atoms with Crippen molar-refractivity contribution < 1.29 is 22.7 Å². The Hall–Kier alpha value is -1.84. The molecule has 0 aliphatic carbocycles. The molecule has 1 amide bonds. The maximum absolute atomic E-state index is 13.0. The number of ether oxygens (including phenoxy) is 2. The summed E-state index contributed by atoms with van der Waals surface area (Å²) < 4.78 is 38.5. The second-order valence-corrected chi connectivity index (χ2v) is 8.50. The van der Waals surface area contributed by atoms with Gasteiger partial charge in [-0.1, -0.05) is 0 Å². The molecule has 27 heavy (non-hydrogen) atoms. The van der Waals surface area contributed by atoms with Crippen molar-refractivity contribution in [3.05, 3.63) is 18.2 Å². The SMILES string of the molecule is CCOc1ccc(S(=O)(=O)N2CCN(C(=O)C3CNC3)CC2)cc1OCC. The molecule has 9 heteroatoms. The van der Waals surface area contributed by atoms with Crippen LogP contribution in [0.25, 0.3) is 0 Å². The number of piperazine rings is 1. The second-order valence-electron chi connectivity index (χ2n) is 6.56. The Morgan fingerprint density at radius 3 is 2.26 bits per heavy atom. The molecular weight excluding hydrogens is 370 g/mol. The van der Waals surface area contributed by atoms with Crippen LogP contribution in [-0.2, 0) is 14.8 Å². The molecule has 150 valence electrons. The highest BCUT2D eigenvalue weighted by molar-refractivity contribution is 7.89. The lowest BCUT2D eigenvalue weighted by Gasteiger charge is -2.38. The number of carbonyl (C=O) groups excluding carboxylic acids is 1. The first-order chi connectivity index (χ1) is 13.0. The number of sulfonamides is 1. The Balaban J connectivity index is 1.71. The van der Waals surface area contributed by atoms with Crippen LogP contribution in [0.1, 0.15) is 13.8 Å². The van der Waals surface area contributed by atoms with Crippen molar-refractivity contribution >= 4 is 15.9 Å².